The number of carbonyl (C=O) groups excluding carboxylic acids is 1. The third-order valence-corrected chi connectivity index (χ3v) is 2.94. The van der Waals surface area contributed by atoms with E-state index in [1.165, 1.54) is 0 Å². The highest BCUT2D eigenvalue weighted by atomic mass is 16.5. The third kappa shape index (κ3) is 3.40. The van der Waals surface area contributed by atoms with Crippen LogP contribution in [0.25, 0.3) is 0 Å². The van der Waals surface area contributed by atoms with Crippen LogP contribution >= 0.6 is 0 Å². The summed E-state index contributed by atoms with van der Waals surface area (Å²) in [5.74, 6) is 0.557. The Morgan fingerprint density at radius 3 is 2.68 bits per heavy atom. The fourth-order valence-electron chi connectivity index (χ4n) is 1.85. The Bertz CT molecular complexity index is 537. The first-order valence-corrected chi connectivity index (χ1v) is 6.32. The number of carbonyl (C=O) groups is 1. The van der Waals surface area contributed by atoms with Gasteiger partial charge in [0.1, 0.15) is 5.76 Å². The average Bonchev–Trinajstić information content (AvgIpc) is 2.87. The number of likely N-dealkylation sites (N-methyl/N-ethyl adjacent to an activating group) is 1. The summed E-state index contributed by atoms with van der Waals surface area (Å²) in [7, 11) is 0. The first-order chi connectivity index (χ1) is 9.20. The molecule has 0 N–H and O–H groups in total. The second-order valence-corrected chi connectivity index (χ2v) is 4.31. The quantitative estimate of drug-likeness (QED) is 0.825. The molecule has 5 heteroatoms. The SMILES string of the molecule is CCN(CCc1ccncc1)C(=O)c1cc(C)on1. The third-order valence-electron chi connectivity index (χ3n) is 2.94. The average molecular weight is 259 g/mol. The molecule has 5 nitrogen and oxygen atoms in total. The highest BCUT2D eigenvalue weighted by Crippen LogP contribution is 2.07. The lowest BCUT2D eigenvalue weighted by Crippen LogP contribution is -2.32. The number of pyridine rings is 1. The second-order valence-electron chi connectivity index (χ2n) is 4.31. The van der Waals surface area contributed by atoms with Crippen LogP contribution in [0, 0.1) is 6.92 Å². The maximum atomic E-state index is 12.2. The van der Waals surface area contributed by atoms with Crippen molar-refractivity contribution in [1.29, 1.82) is 0 Å². The molecule has 0 aliphatic rings. The van der Waals surface area contributed by atoms with Crippen LogP contribution in [0.4, 0.5) is 0 Å². The predicted molar refractivity (Wildman–Crippen MR) is 70.8 cm³/mol. The molecule has 0 aliphatic carbocycles. The summed E-state index contributed by atoms with van der Waals surface area (Å²) in [4.78, 5) is 17.9. The van der Waals surface area contributed by atoms with E-state index in [4.69, 9.17) is 4.52 Å². The molecule has 1 amide bonds. The zero-order chi connectivity index (χ0) is 13.7. The van der Waals surface area contributed by atoms with Crippen LogP contribution in [0.3, 0.4) is 0 Å². The summed E-state index contributed by atoms with van der Waals surface area (Å²) in [5.41, 5.74) is 1.53. The van der Waals surface area contributed by atoms with E-state index in [2.05, 4.69) is 10.1 Å². The zero-order valence-corrected chi connectivity index (χ0v) is 11.2. The lowest BCUT2D eigenvalue weighted by atomic mass is 10.2. The Kier molecular flexibility index (Phi) is 4.28. The van der Waals surface area contributed by atoms with Crippen molar-refractivity contribution in [3.63, 3.8) is 0 Å². The highest BCUT2D eigenvalue weighted by Gasteiger charge is 2.17. The second kappa shape index (κ2) is 6.13. The van der Waals surface area contributed by atoms with E-state index in [1.807, 2.05) is 19.1 Å². The van der Waals surface area contributed by atoms with Crippen molar-refractivity contribution in [2.24, 2.45) is 0 Å². The number of hydrogen-bond donors (Lipinski definition) is 0. The summed E-state index contributed by atoms with van der Waals surface area (Å²) < 4.78 is 4.94. The topological polar surface area (TPSA) is 59.2 Å². The molecular formula is C14H17N3O2. The van der Waals surface area contributed by atoms with E-state index in [0.29, 0.717) is 24.5 Å². The van der Waals surface area contributed by atoms with Gasteiger partial charge in [0.05, 0.1) is 0 Å². The minimum absolute atomic E-state index is 0.0894. The van der Waals surface area contributed by atoms with E-state index in [-0.39, 0.29) is 5.91 Å². The van der Waals surface area contributed by atoms with Gasteiger partial charge in [0, 0.05) is 31.5 Å². The number of aryl methyl sites for hydroxylation is 1. The monoisotopic (exact) mass is 259 g/mol. The Labute approximate surface area is 112 Å². The lowest BCUT2D eigenvalue weighted by molar-refractivity contribution is 0.0755. The standard InChI is InChI=1S/C14H17N3O2/c1-3-17(9-6-12-4-7-15-8-5-12)14(18)13-10-11(2)19-16-13/h4-5,7-8,10H,3,6,9H2,1-2H3. The van der Waals surface area contributed by atoms with Gasteiger partial charge in [-0.05, 0) is 38.0 Å². The summed E-state index contributed by atoms with van der Waals surface area (Å²) in [6, 6.07) is 5.58. The van der Waals surface area contributed by atoms with E-state index in [1.54, 1.807) is 30.3 Å². The molecule has 2 heterocycles. The molecule has 0 saturated heterocycles. The van der Waals surface area contributed by atoms with Crippen molar-refractivity contribution in [2.45, 2.75) is 20.3 Å². The minimum Gasteiger partial charge on any atom is -0.361 e. The Hall–Kier alpha value is -2.17. The van der Waals surface area contributed by atoms with E-state index < -0.39 is 0 Å². The highest BCUT2D eigenvalue weighted by molar-refractivity contribution is 5.92. The van der Waals surface area contributed by atoms with Gasteiger partial charge in [0.2, 0.25) is 0 Å². The van der Waals surface area contributed by atoms with Crippen LogP contribution < -0.4 is 0 Å². The molecule has 0 unspecified atom stereocenters. The molecule has 0 aromatic carbocycles. The van der Waals surface area contributed by atoms with Gasteiger partial charge in [-0.25, -0.2) is 0 Å². The van der Waals surface area contributed by atoms with Crippen molar-refractivity contribution in [2.75, 3.05) is 13.1 Å². The minimum atomic E-state index is -0.0894. The number of hydrogen-bond acceptors (Lipinski definition) is 4. The number of nitrogens with zero attached hydrogens (tertiary/aromatic N) is 3. The molecule has 0 aliphatic heterocycles. The number of amides is 1. The van der Waals surface area contributed by atoms with E-state index in [0.717, 1.165) is 12.0 Å². The summed E-state index contributed by atoms with van der Waals surface area (Å²) in [6.45, 7) is 5.04. The van der Waals surface area contributed by atoms with Crippen molar-refractivity contribution in [3.05, 3.63) is 47.6 Å². The van der Waals surface area contributed by atoms with Crippen LogP contribution in [0.1, 0.15) is 28.7 Å². The van der Waals surface area contributed by atoms with Gasteiger partial charge in [-0.3, -0.25) is 9.78 Å². The largest absolute Gasteiger partial charge is 0.361 e. The smallest absolute Gasteiger partial charge is 0.276 e. The molecule has 19 heavy (non-hydrogen) atoms. The molecule has 0 fully saturated rings. The van der Waals surface area contributed by atoms with Gasteiger partial charge in [0.25, 0.3) is 5.91 Å². The molecule has 0 bridgehead atoms. The lowest BCUT2D eigenvalue weighted by Gasteiger charge is -2.19. The van der Waals surface area contributed by atoms with Crippen LogP contribution in [0.15, 0.2) is 35.1 Å². The van der Waals surface area contributed by atoms with Gasteiger partial charge in [0.15, 0.2) is 5.69 Å². The number of rotatable bonds is 5. The molecule has 2 aromatic rings. The molecule has 0 atom stereocenters. The normalized spacial score (nSPS) is 10.4. The summed E-state index contributed by atoms with van der Waals surface area (Å²) in [6.07, 6.45) is 4.32. The summed E-state index contributed by atoms with van der Waals surface area (Å²) >= 11 is 0. The van der Waals surface area contributed by atoms with E-state index in [9.17, 15) is 4.79 Å². The summed E-state index contributed by atoms with van der Waals surface area (Å²) in [5, 5.41) is 3.76. The maximum absolute atomic E-state index is 12.2. The predicted octanol–water partition coefficient (Wildman–Crippen LogP) is 2.08. The fourth-order valence-corrected chi connectivity index (χ4v) is 1.85. The number of aromatic nitrogens is 2. The van der Waals surface area contributed by atoms with Gasteiger partial charge >= 0.3 is 0 Å². The maximum Gasteiger partial charge on any atom is 0.276 e. The van der Waals surface area contributed by atoms with Crippen LogP contribution in [0.2, 0.25) is 0 Å². The van der Waals surface area contributed by atoms with Gasteiger partial charge in [-0.1, -0.05) is 5.16 Å². The molecule has 0 saturated carbocycles. The first kappa shape index (κ1) is 13.3. The van der Waals surface area contributed by atoms with Crippen molar-refractivity contribution < 1.29 is 9.32 Å². The Morgan fingerprint density at radius 2 is 2.11 bits per heavy atom. The molecular weight excluding hydrogens is 242 g/mol. The van der Waals surface area contributed by atoms with Crippen LogP contribution in [0.5, 0.6) is 0 Å². The molecule has 2 aromatic heterocycles. The zero-order valence-electron chi connectivity index (χ0n) is 11.2. The van der Waals surface area contributed by atoms with Gasteiger partial charge < -0.3 is 9.42 Å². The molecule has 2 rings (SSSR count). The van der Waals surface area contributed by atoms with Gasteiger partial charge in [-0.15, -0.1) is 0 Å². The molecule has 0 radical (unpaired) electrons. The molecule has 100 valence electrons. The molecule has 0 spiro atoms. The van der Waals surface area contributed by atoms with Crippen molar-refractivity contribution in [3.8, 4) is 0 Å². The fraction of sp³-hybridized carbons (Fsp3) is 0.357. The van der Waals surface area contributed by atoms with Crippen LogP contribution in [-0.4, -0.2) is 34.0 Å². The van der Waals surface area contributed by atoms with Gasteiger partial charge in [-0.2, -0.15) is 0 Å². The van der Waals surface area contributed by atoms with E-state index >= 15 is 0 Å². The van der Waals surface area contributed by atoms with Crippen molar-refractivity contribution in [1.82, 2.24) is 15.0 Å². The van der Waals surface area contributed by atoms with Crippen molar-refractivity contribution >= 4 is 5.91 Å². The Balaban J connectivity index is 1.98. The first-order valence-electron chi connectivity index (χ1n) is 6.32. The van der Waals surface area contributed by atoms with Crippen LogP contribution in [-0.2, 0) is 6.42 Å². The Morgan fingerprint density at radius 1 is 1.37 bits per heavy atom.